The van der Waals surface area contributed by atoms with Crippen LogP contribution in [0.4, 0.5) is 16.2 Å². The summed E-state index contributed by atoms with van der Waals surface area (Å²) in [4.78, 5) is 29.6. The highest BCUT2D eigenvalue weighted by molar-refractivity contribution is 6.33. The number of likely N-dealkylation sites (tertiary alicyclic amines) is 1. The Hall–Kier alpha value is -3.31. The van der Waals surface area contributed by atoms with Gasteiger partial charge in [0, 0.05) is 19.1 Å². The fourth-order valence-corrected chi connectivity index (χ4v) is 4.01. The van der Waals surface area contributed by atoms with Crippen molar-refractivity contribution in [3.8, 4) is 0 Å². The van der Waals surface area contributed by atoms with E-state index in [0.717, 1.165) is 11.4 Å². The second-order valence-corrected chi connectivity index (χ2v) is 7.91. The highest BCUT2D eigenvalue weighted by Crippen LogP contribution is 2.27. The Bertz CT molecular complexity index is 995. The molecule has 0 unspecified atom stereocenters. The summed E-state index contributed by atoms with van der Waals surface area (Å²) in [5.74, 6) is -0.175. The van der Waals surface area contributed by atoms with Crippen LogP contribution in [-0.4, -0.2) is 36.0 Å². The van der Waals surface area contributed by atoms with Crippen molar-refractivity contribution < 1.29 is 9.59 Å². The number of rotatable bonds is 4. The number of benzene rings is 3. The molecule has 0 aliphatic carbocycles. The first-order chi connectivity index (χ1) is 15.1. The molecule has 0 atom stereocenters. The zero-order valence-electron chi connectivity index (χ0n) is 17.1. The molecule has 0 spiro atoms. The molecular formula is C25H24ClN3O2. The van der Waals surface area contributed by atoms with Crippen LogP contribution in [0.1, 0.15) is 23.2 Å². The minimum Gasteiger partial charge on any atom is -0.349 e. The summed E-state index contributed by atoms with van der Waals surface area (Å²) in [6, 6.07) is 26.3. The molecule has 1 aliphatic rings. The van der Waals surface area contributed by atoms with E-state index in [4.69, 9.17) is 11.6 Å². The van der Waals surface area contributed by atoms with Gasteiger partial charge in [0.25, 0.3) is 5.91 Å². The number of halogens is 1. The minimum atomic E-state index is -0.175. The van der Waals surface area contributed by atoms with E-state index in [1.807, 2.05) is 65.6 Å². The van der Waals surface area contributed by atoms with Crippen molar-refractivity contribution in [2.24, 2.45) is 0 Å². The first-order valence-corrected chi connectivity index (χ1v) is 10.8. The Kier molecular flexibility index (Phi) is 6.53. The predicted octanol–water partition coefficient (Wildman–Crippen LogP) is 5.49. The molecular weight excluding hydrogens is 410 g/mol. The van der Waals surface area contributed by atoms with Gasteiger partial charge in [0.05, 0.1) is 22.0 Å². The van der Waals surface area contributed by atoms with Gasteiger partial charge in [-0.25, -0.2) is 4.79 Å². The molecule has 1 saturated heterocycles. The number of carbonyl (C=O) groups is 2. The first kappa shape index (κ1) is 20.9. The number of nitrogens with zero attached hydrogens (tertiary/aromatic N) is 2. The average Bonchev–Trinajstić information content (AvgIpc) is 2.81. The predicted molar refractivity (Wildman–Crippen MR) is 124 cm³/mol. The van der Waals surface area contributed by atoms with E-state index < -0.39 is 0 Å². The van der Waals surface area contributed by atoms with Crippen molar-refractivity contribution in [1.82, 2.24) is 10.2 Å². The van der Waals surface area contributed by atoms with Gasteiger partial charge in [0.15, 0.2) is 0 Å². The number of hydrogen-bond acceptors (Lipinski definition) is 2. The van der Waals surface area contributed by atoms with Crippen LogP contribution in [-0.2, 0) is 0 Å². The van der Waals surface area contributed by atoms with E-state index in [-0.39, 0.29) is 18.0 Å². The fraction of sp³-hybridized carbons (Fsp3) is 0.200. The smallest absolute Gasteiger partial charge is 0.329 e. The van der Waals surface area contributed by atoms with Crippen LogP contribution in [0.3, 0.4) is 0 Å². The van der Waals surface area contributed by atoms with E-state index in [9.17, 15) is 9.59 Å². The molecule has 1 heterocycles. The molecule has 4 rings (SSSR count). The van der Waals surface area contributed by atoms with Crippen LogP contribution >= 0.6 is 11.6 Å². The van der Waals surface area contributed by atoms with Crippen molar-refractivity contribution in [2.75, 3.05) is 18.0 Å². The van der Waals surface area contributed by atoms with Gasteiger partial charge in [0.2, 0.25) is 0 Å². The molecule has 31 heavy (non-hydrogen) atoms. The molecule has 0 saturated carbocycles. The largest absolute Gasteiger partial charge is 0.349 e. The summed E-state index contributed by atoms with van der Waals surface area (Å²) in [6.45, 7) is 1.14. The van der Waals surface area contributed by atoms with Crippen molar-refractivity contribution in [3.05, 3.63) is 95.5 Å². The lowest BCUT2D eigenvalue weighted by atomic mass is 10.0. The molecule has 0 radical (unpaired) electrons. The van der Waals surface area contributed by atoms with Gasteiger partial charge in [-0.2, -0.15) is 0 Å². The van der Waals surface area contributed by atoms with Gasteiger partial charge in [-0.3, -0.25) is 9.69 Å². The lowest BCUT2D eigenvalue weighted by Gasteiger charge is -2.36. The van der Waals surface area contributed by atoms with E-state index >= 15 is 0 Å². The van der Waals surface area contributed by atoms with Gasteiger partial charge < -0.3 is 10.2 Å². The molecule has 5 nitrogen and oxygen atoms in total. The summed E-state index contributed by atoms with van der Waals surface area (Å²) in [5.41, 5.74) is 2.13. The van der Waals surface area contributed by atoms with E-state index in [2.05, 4.69) is 5.32 Å². The Morgan fingerprint density at radius 1 is 0.806 bits per heavy atom. The summed E-state index contributed by atoms with van der Waals surface area (Å²) in [6.07, 6.45) is 1.39. The number of amides is 3. The van der Waals surface area contributed by atoms with Crippen molar-refractivity contribution in [1.29, 1.82) is 0 Å². The SMILES string of the molecule is O=C(NC1CCN(C(=O)N(c2ccccc2)c2ccccc2)CC1)c1ccccc1Cl. The highest BCUT2D eigenvalue weighted by atomic mass is 35.5. The maximum Gasteiger partial charge on any atom is 0.329 e. The van der Waals surface area contributed by atoms with E-state index in [1.165, 1.54) is 0 Å². The molecule has 3 amide bonds. The van der Waals surface area contributed by atoms with Gasteiger partial charge in [0.1, 0.15) is 0 Å². The standard InChI is InChI=1S/C25H24ClN3O2/c26-23-14-8-7-13-22(23)24(30)27-19-15-17-28(18-16-19)25(31)29(20-9-3-1-4-10-20)21-11-5-2-6-12-21/h1-14,19H,15-18H2,(H,27,30). The summed E-state index contributed by atoms with van der Waals surface area (Å²) in [7, 11) is 0. The van der Waals surface area contributed by atoms with Crippen LogP contribution in [0.2, 0.25) is 5.02 Å². The van der Waals surface area contributed by atoms with Gasteiger partial charge >= 0.3 is 6.03 Å². The molecule has 1 N–H and O–H groups in total. The Labute approximate surface area is 187 Å². The lowest BCUT2D eigenvalue weighted by Crippen LogP contribution is -2.49. The van der Waals surface area contributed by atoms with Crippen LogP contribution in [0.25, 0.3) is 0 Å². The number of anilines is 2. The average molecular weight is 434 g/mol. The third kappa shape index (κ3) is 4.89. The lowest BCUT2D eigenvalue weighted by molar-refractivity contribution is 0.0919. The summed E-state index contributed by atoms with van der Waals surface area (Å²) >= 11 is 6.13. The number of piperidine rings is 1. The van der Waals surface area contributed by atoms with Crippen LogP contribution in [0.15, 0.2) is 84.9 Å². The molecule has 6 heteroatoms. The molecule has 3 aromatic carbocycles. The van der Waals surface area contributed by atoms with Crippen molar-refractivity contribution >= 4 is 34.9 Å². The second-order valence-electron chi connectivity index (χ2n) is 7.50. The second kappa shape index (κ2) is 9.67. The normalized spacial score (nSPS) is 14.2. The molecule has 0 aromatic heterocycles. The molecule has 1 fully saturated rings. The molecule has 0 bridgehead atoms. The molecule has 1 aliphatic heterocycles. The third-order valence-corrected chi connectivity index (χ3v) is 5.77. The highest BCUT2D eigenvalue weighted by Gasteiger charge is 2.29. The van der Waals surface area contributed by atoms with Gasteiger partial charge in [-0.15, -0.1) is 0 Å². The number of carbonyl (C=O) groups excluding carboxylic acids is 2. The quantitative estimate of drug-likeness (QED) is 0.591. The number of nitrogens with one attached hydrogen (secondary N) is 1. The van der Waals surface area contributed by atoms with Gasteiger partial charge in [-0.05, 0) is 49.2 Å². The maximum absolute atomic E-state index is 13.4. The topological polar surface area (TPSA) is 52.7 Å². The number of hydrogen-bond donors (Lipinski definition) is 1. The zero-order valence-corrected chi connectivity index (χ0v) is 17.8. The Balaban J connectivity index is 1.43. The third-order valence-electron chi connectivity index (χ3n) is 5.44. The first-order valence-electron chi connectivity index (χ1n) is 10.4. The van der Waals surface area contributed by atoms with Crippen LogP contribution in [0, 0.1) is 0 Å². The van der Waals surface area contributed by atoms with Crippen molar-refractivity contribution in [2.45, 2.75) is 18.9 Å². The van der Waals surface area contributed by atoms with Crippen molar-refractivity contribution in [3.63, 3.8) is 0 Å². The zero-order chi connectivity index (χ0) is 21.6. The fourth-order valence-electron chi connectivity index (χ4n) is 3.79. The maximum atomic E-state index is 13.4. The van der Waals surface area contributed by atoms with E-state index in [1.54, 1.807) is 29.2 Å². The van der Waals surface area contributed by atoms with Crippen LogP contribution < -0.4 is 10.2 Å². The van der Waals surface area contributed by atoms with E-state index in [0.29, 0.717) is 36.5 Å². The molecule has 158 valence electrons. The summed E-state index contributed by atoms with van der Waals surface area (Å²) < 4.78 is 0. The minimum absolute atomic E-state index is 0.00900. The monoisotopic (exact) mass is 433 g/mol. The number of urea groups is 1. The Morgan fingerprint density at radius 2 is 1.32 bits per heavy atom. The van der Waals surface area contributed by atoms with Gasteiger partial charge in [-0.1, -0.05) is 60.1 Å². The number of para-hydroxylation sites is 2. The Morgan fingerprint density at radius 3 is 1.87 bits per heavy atom. The summed E-state index contributed by atoms with van der Waals surface area (Å²) in [5, 5.41) is 3.49. The molecule has 3 aromatic rings. The van der Waals surface area contributed by atoms with Crippen LogP contribution in [0.5, 0.6) is 0 Å².